The lowest BCUT2D eigenvalue weighted by atomic mass is 9.72. The molecule has 1 aliphatic heterocycles. The van der Waals surface area contributed by atoms with Crippen molar-refractivity contribution in [3.63, 3.8) is 0 Å². The second kappa shape index (κ2) is 8.42. The van der Waals surface area contributed by atoms with Crippen molar-refractivity contribution < 1.29 is 32.7 Å². The number of rotatable bonds is 5. The van der Waals surface area contributed by atoms with Crippen LogP contribution in [0.3, 0.4) is 0 Å². The number of aliphatic imine (C=N–C) groups is 1. The van der Waals surface area contributed by atoms with Crippen LogP contribution in [0.1, 0.15) is 19.5 Å². The number of aliphatic carboxylic acids is 1. The van der Waals surface area contributed by atoms with Gasteiger partial charge in [0.15, 0.2) is 11.8 Å². The number of benzene rings is 1. The highest BCUT2D eigenvalue weighted by atomic mass is 32.2. The number of hydrogen-bond acceptors (Lipinski definition) is 7. The van der Waals surface area contributed by atoms with Crippen molar-refractivity contribution in [2.24, 2.45) is 16.3 Å². The zero-order chi connectivity index (χ0) is 24.8. The fourth-order valence-electron chi connectivity index (χ4n) is 3.70. The Morgan fingerprint density at radius 1 is 1.32 bits per heavy atom. The second-order valence-corrected chi connectivity index (χ2v) is 9.10. The number of allylic oxidation sites excluding steroid dienone is 3. The topological polar surface area (TPSA) is 115 Å². The van der Waals surface area contributed by atoms with Crippen LogP contribution in [0.25, 0.3) is 10.9 Å². The van der Waals surface area contributed by atoms with E-state index in [9.17, 15) is 28.1 Å². The smallest absolute Gasteiger partial charge is 0.398 e. The molecule has 2 heterocycles. The van der Waals surface area contributed by atoms with Crippen molar-refractivity contribution in [1.29, 1.82) is 0 Å². The summed E-state index contributed by atoms with van der Waals surface area (Å²) in [6, 6.07) is 7.24. The zero-order valence-electron chi connectivity index (χ0n) is 17.9. The normalized spacial score (nSPS) is 24.9. The summed E-state index contributed by atoms with van der Waals surface area (Å²) < 4.78 is 46.3. The Bertz CT molecular complexity index is 1290. The molecule has 0 radical (unpaired) electrons. The van der Waals surface area contributed by atoms with Crippen LogP contribution in [-0.2, 0) is 4.79 Å². The molecule has 1 aliphatic carbocycles. The lowest BCUT2D eigenvalue weighted by Crippen LogP contribution is -2.43. The number of pyridine rings is 1. The summed E-state index contributed by atoms with van der Waals surface area (Å²) in [6.07, 6.45) is -2.79. The van der Waals surface area contributed by atoms with Crippen molar-refractivity contribution >= 4 is 33.7 Å². The summed E-state index contributed by atoms with van der Waals surface area (Å²) in [5, 5.41) is 21.9. The van der Waals surface area contributed by atoms with E-state index in [2.05, 4.69) is 9.98 Å². The van der Waals surface area contributed by atoms with Gasteiger partial charge < -0.3 is 9.84 Å². The van der Waals surface area contributed by atoms with Crippen LogP contribution in [0.5, 0.6) is 5.75 Å². The highest BCUT2D eigenvalue weighted by Crippen LogP contribution is 2.50. The molecule has 2 aliphatic rings. The van der Waals surface area contributed by atoms with E-state index in [0.29, 0.717) is 27.4 Å². The van der Waals surface area contributed by atoms with E-state index in [1.54, 1.807) is 24.3 Å². The maximum atomic E-state index is 13.6. The summed E-state index contributed by atoms with van der Waals surface area (Å²) >= 11 is 1.30. The first-order valence-electron chi connectivity index (χ1n) is 10.1. The number of halogens is 3. The lowest BCUT2D eigenvalue weighted by Gasteiger charge is -2.35. The van der Waals surface area contributed by atoms with Gasteiger partial charge in [0.05, 0.1) is 27.5 Å². The van der Waals surface area contributed by atoms with Crippen LogP contribution in [0.4, 0.5) is 13.2 Å². The molecule has 8 nitrogen and oxygen atoms in total. The molecule has 2 aromatic rings. The average Bonchev–Trinajstić information content (AvgIpc) is 3.26. The van der Waals surface area contributed by atoms with Crippen molar-refractivity contribution in [3.05, 3.63) is 69.7 Å². The van der Waals surface area contributed by atoms with E-state index in [1.165, 1.54) is 17.8 Å². The number of carbonyl (C=O) groups is 1. The van der Waals surface area contributed by atoms with Crippen LogP contribution < -0.4 is 4.74 Å². The maximum absolute atomic E-state index is 13.6. The molecule has 12 heteroatoms. The fraction of sp³-hybridized carbons (Fsp3) is 0.318. The largest absolute Gasteiger partial charge is 0.480 e. The third-order valence-electron chi connectivity index (χ3n) is 5.99. The minimum absolute atomic E-state index is 0.197. The standard InChI is InChI=1S/C22H18F3N3O5S/c1-11-18(28(31)32)17(7-8-21(11,2)22(23,24)25)33-13-4-6-14-12(9-13)3-5-15(26-14)19-27-16(10-34-19)20(29)30/h3-9,11,16H,10H2,1-2H3,(H,29,30)/t11?,16-,21?/m1/s1. The van der Waals surface area contributed by atoms with E-state index >= 15 is 0 Å². The van der Waals surface area contributed by atoms with Gasteiger partial charge >= 0.3 is 12.1 Å². The fourth-order valence-corrected chi connectivity index (χ4v) is 4.70. The van der Waals surface area contributed by atoms with Crippen LogP contribution in [-0.4, -0.2) is 44.0 Å². The molecule has 2 unspecified atom stereocenters. The first-order chi connectivity index (χ1) is 15.9. The Morgan fingerprint density at radius 2 is 2.06 bits per heavy atom. The van der Waals surface area contributed by atoms with E-state index in [4.69, 9.17) is 9.84 Å². The quantitative estimate of drug-likeness (QED) is 0.469. The van der Waals surface area contributed by atoms with E-state index in [0.717, 1.165) is 26.0 Å². The molecule has 1 aromatic heterocycles. The lowest BCUT2D eigenvalue weighted by molar-refractivity contribution is -0.442. The number of carboxylic acids is 1. The highest BCUT2D eigenvalue weighted by Gasteiger charge is 2.58. The minimum Gasteiger partial charge on any atom is -0.480 e. The number of carboxylic acid groups (broad SMARTS) is 1. The summed E-state index contributed by atoms with van der Waals surface area (Å²) in [4.78, 5) is 30.5. The maximum Gasteiger partial charge on any atom is 0.398 e. The van der Waals surface area contributed by atoms with Gasteiger partial charge in [0.2, 0.25) is 0 Å². The van der Waals surface area contributed by atoms with Gasteiger partial charge in [-0.25, -0.2) is 9.78 Å². The number of alkyl halides is 3. The van der Waals surface area contributed by atoms with Gasteiger partial charge in [-0.15, -0.1) is 11.8 Å². The predicted molar refractivity (Wildman–Crippen MR) is 119 cm³/mol. The predicted octanol–water partition coefficient (Wildman–Crippen LogP) is 4.82. The number of ether oxygens (including phenoxy) is 1. The van der Waals surface area contributed by atoms with Crippen molar-refractivity contribution in [3.8, 4) is 5.75 Å². The van der Waals surface area contributed by atoms with Crippen molar-refractivity contribution in [1.82, 2.24) is 4.98 Å². The summed E-state index contributed by atoms with van der Waals surface area (Å²) in [5.74, 6) is -2.21. The van der Waals surface area contributed by atoms with Gasteiger partial charge in [0.25, 0.3) is 5.70 Å². The number of nitrogens with zero attached hydrogens (tertiary/aromatic N) is 3. The Morgan fingerprint density at radius 3 is 2.68 bits per heavy atom. The monoisotopic (exact) mass is 493 g/mol. The van der Waals surface area contributed by atoms with E-state index in [1.807, 2.05) is 0 Å². The molecule has 0 saturated heterocycles. The molecule has 1 aromatic carbocycles. The molecule has 0 bridgehead atoms. The van der Waals surface area contributed by atoms with Gasteiger partial charge in [-0.1, -0.05) is 19.1 Å². The highest BCUT2D eigenvalue weighted by molar-refractivity contribution is 8.14. The van der Waals surface area contributed by atoms with E-state index in [-0.39, 0.29) is 11.5 Å². The van der Waals surface area contributed by atoms with Crippen LogP contribution in [0.2, 0.25) is 0 Å². The third-order valence-corrected chi connectivity index (χ3v) is 7.06. The number of aromatic nitrogens is 1. The molecule has 178 valence electrons. The molecule has 34 heavy (non-hydrogen) atoms. The first-order valence-corrected chi connectivity index (χ1v) is 11.1. The average molecular weight is 493 g/mol. The van der Waals surface area contributed by atoms with Gasteiger partial charge in [0, 0.05) is 11.1 Å². The number of fused-ring (bicyclic) bond motifs is 1. The summed E-state index contributed by atoms with van der Waals surface area (Å²) in [6.45, 7) is 2.07. The first kappa shape index (κ1) is 23.7. The molecule has 1 N–H and O–H groups in total. The number of hydrogen-bond donors (Lipinski definition) is 1. The molecule has 0 spiro atoms. The Kier molecular flexibility index (Phi) is 5.88. The molecule has 0 fully saturated rings. The molecule has 4 rings (SSSR count). The van der Waals surface area contributed by atoms with E-state index < -0.39 is 40.1 Å². The Labute approximate surface area is 195 Å². The summed E-state index contributed by atoms with van der Waals surface area (Å²) in [7, 11) is 0. The van der Waals surface area contributed by atoms with Crippen LogP contribution >= 0.6 is 11.8 Å². The van der Waals surface area contributed by atoms with Crippen molar-refractivity contribution in [2.45, 2.75) is 26.1 Å². The molecular weight excluding hydrogens is 475 g/mol. The molecule has 0 amide bonds. The Hall–Kier alpha value is -3.41. The summed E-state index contributed by atoms with van der Waals surface area (Å²) in [5.41, 5.74) is -1.98. The number of thioether (sulfide) groups is 1. The third kappa shape index (κ3) is 4.13. The van der Waals surface area contributed by atoms with Gasteiger partial charge in [0.1, 0.15) is 10.8 Å². The molecular formula is C22H18F3N3O5S. The Balaban J connectivity index is 1.63. The van der Waals surface area contributed by atoms with Gasteiger partial charge in [-0.2, -0.15) is 13.2 Å². The second-order valence-electron chi connectivity index (χ2n) is 8.09. The van der Waals surface area contributed by atoms with Crippen molar-refractivity contribution in [2.75, 3.05) is 5.75 Å². The van der Waals surface area contributed by atoms with Gasteiger partial charge in [-0.05, 0) is 37.3 Å². The SMILES string of the molecule is CC1C([N+](=O)[O-])=C(Oc2ccc3nc(C4=N[C@@H](C(=O)O)CS4)ccc3c2)C=CC1(C)C(F)(F)F. The number of nitro groups is 1. The molecule has 0 saturated carbocycles. The van der Waals surface area contributed by atoms with Crippen LogP contribution in [0, 0.1) is 21.4 Å². The molecule has 3 atom stereocenters. The zero-order valence-corrected chi connectivity index (χ0v) is 18.7. The minimum atomic E-state index is -4.67. The van der Waals surface area contributed by atoms with Crippen LogP contribution in [0.15, 0.2) is 58.9 Å². The van der Waals surface area contributed by atoms with Gasteiger partial charge in [-0.3, -0.25) is 15.1 Å².